The number of nitrogens with one attached hydrogen (secondary N) is 1. The van der Waals surface area contributed by atoms with Gasteiger partial charge in [-0.3, -0.25) is 4.79 Å². The van der Waals surface area contributed by atoms with Crippen LogP contribution in [0.3, 0.4) is 0 Å². The number of nitrogens with zero attached hydrogens (tertiary/aromatic N) is 1. The third-order valence-corrected chi connectivity index (χ3v) is 2.94. The molecule has 0 spiro atoms. The molecular weight excluding hydrogens is 214 g/mol. The predicted molar refractivity (Wildman–Crippen MR) is 72.8 cm³/mol. The number of hydrogen-bond donors (Lipinski definition) is 2. The van der Waals surface area contributed by atoms with Crippen LogP contribution < -0.4 is 11.1 Å². The van der Waals surface area contributed by atoms with Gasteiger partial charge in [0.1, 0.15) is 0 Å². The van der Waals surface area contributed by atoms with Crippen molar-refractivity contribution >= 4 is 5.91 Å². The Morgan fingerprint density at radius 1 is 1.29 bits per heavy atom. The average Bonchev–Trinajstić information content (AvgIpc) is 2.23. The number of rotatable bonds is 8. The largest absolute Gasteiger partial charge is 0.355 e. The van der Waals surface area contributed by atoms with E-state index in [9.17, 15) is 4.79 Å². The first-order valence-corrected chi connectivity index (χ1v) is 6.50. The third-order valence-electron chi connectivity index (χ3n) is 2.94. The summed E-state index contributed by atoms with van der Waals surface area (Å²) in [5.74, 6) is 1.01. The van der Waals surface area contributed by atoms with Crippen LogP contribution in [0.15, 0.2) is 0 Å². The highest BCUT2D eigenvalue weighted by Gasteiger charge is 2.15. The van der Waals surface area contributed by atoms with Gasteiger partial charge in [-0.15, -0.1) is 0 Å². The monoisotopic (exact) mass is 243 g/mol. The molecule has 0 aromatic rings. The molecule has 0 rings (SSSR count). The first kappa shape index (κ1) is 16.4. The van der Waals surface area contributed by atoms with Gasteiger partial charge >= 0.3 is 0 Å². The minimum atomic E-state index is 0.110. The molecule has 0 aromatic heterocycles. The second kappa shape index (κ2) is 8.48. The zero-order valence-electron chi connectivity index (χ0n) is 12.0. The Morgan fingerprint density at radius 2 is 1.88 bits per heavy atom. The highest BCUT2D eigenvalue weighted by molar-refractivity contribution is 5.76. The van der Waals surface area contributed by atoms with E-state index in [1.165, 1.54) is 0 Å². The maximum Gasteiger partial charge on any atom is 0.220 e. The number of nitrogens with two attached hydrogens (primary N) is 1. The van der Waals surface area contributed by atoms with E-state index in [0.29, 0.717) is 24.9 Å². The van der Waals surface area contributed by atoms with Crippen molar-refractivity contribution in [2.45, 2.75) is 39.7 Å². The van der Waals surface area contributed by atoms with Crippen molar-refractivity contribution in [1.29, 1.82) is 0 Å². The molecule has 4 heteroatoms. The summed E-state index contributed by atoms with van der Waals surface area (Å²) in [4.78, 5) is 13.8. The fourth-order valence-corrected chi connectivity index (χ4v) is 1.72. The van der Waals surface area contributed by atoms with E-state index in [1.807, 2.05) is 6.92 Å². The normalized spacial score (nSPS) is 15.1. The maximum absolute atomic E-state index is 11.6. The summed E-state index contributed by atoms with van der Waals surface area (Å²) in [6.45, 7) is 7.69. The molecule has 3 N–H and O–H groups in total. The summed E-state index contributed by atoms with van der Waals surface area (Å²) in [5.41, 5.74) is 5.50. The van der Waals surface area contributed by atoms with Gasteiger partial charge in [0.25, 0.3) is 0 Å². The van der Waals surface area contributed by atoms with Crippen molar-refractivity contribution in [3.8, 4) is 0 Å². The molecule has 17 heavy (non-hydrogen) atoms. The first-order valence-electron chi connectivity index (χ1n) is 6.50. The molecule has 0 radical (unpaired) electrons. The minimum absolute atomic E-state index is 0.110. The highest BCUT2D eigenvalue weighted by atomic mass is 16.1. The minimum Gasteiger partial charge on any atom is -0.355 e. The Hall–Kier alpha value is -0.610. The lowest BCUT2D eigenvalue weighted by Crippen LogP contribution is -2.41. The van der Waals surface area contributed by atoms with Gasteiger partial charge in [-0.2, -0.15) is 0 Å². The van der Waals surface area contributed by atoms with Gasteiger partial charge < -0.3 is 16.0 Å². The zero-order chi connectivity index (χ0) is 13.4. The summed E-state index contributed by atoms with van der Waals surface area (Å²) in [6, 6.07) is 0.409. The molecule has 0 aliphatic heterocycles. The van der Waals surface area contributed by atoms with Crippen molar-refractivity contribution in [3.05, 3.63) is 0 Å². The van der Waals surface area contributed by atoms with Crippen LogP contribution in [0.4, 0.5) is 0 Å². The molecule has 0 saturated carbocycles. The molecule has 0 heterocycles. The molecule has 1 amide bonds. The Labute approximate surface area is 106 Å². The number of amides is 1. The van der Waals surface area contributed by atoms with E-state index in [4.69, 9.17) is 5.73 Å². The summed E-state index contributed by atoms with van der Waals surface area (Å²) in [6.07, 6.45) is 1.62. The van der Waals surface area contributed by atoms with Crippen molar-refractivity contribution in [2.75, 3.05) is 27.2 Å². The fourth-order valence-electron chi connectivity index (χ4n) is 1.72. The standard InChI is InChI=1S/C13H29N3O/c1-10(2)6-12(16(4)5)9-15-13(17)7-11(3)8-14/h10-12H,6-9,14H2,1-5H3,(H,15,17). The molecular formula is C13H29N3O. The Kier molecular flexibility index (Phi) is 8.17. The van der Waals surface area contributed by atoms with E-state index in [0.717, 1.165) is 13.0 Å². The number of likely N-dealkylation sites (N-methyl/N-ethyl adjacent to an activating group) is 1. The second-order valence-electron chi connectivity index (χ2n) is 5.60. The van der Waals surface area contributed by atoms with Crippen LogP contribution in [-0.4, -0.2) is 44.0 Å². The van der Waals surface area contributed by atoms with Gasteiger partial charge in [0.05, 0.1) is 0 Å². The van der Waals surface area contributed by atoms with Gasteiger partial charge in [0, 0.05) is 19.0 Å². The molecule has 0 fully saturated rings. The third kappa shape index (κ3) is 8.16. The molecule has 0 saturated heterocycles. The summed E-state index contributed by atoms with van der Waals surface area (Å²) >= 11 is 0. The molecule has 0 aliphatic carbocycles. The van der Waals surface area contributed by atoms with Crippen molar-refractivity contribution < 1.29 is 4.79 Å². The van der Waals surface area contributed by atoms with E-state index in [-0.39, 0.29) is 11.8 Å². The van der Waals surface area contributed by atoms with Crippen LogP contribution in [-0.2, 0) is 4.79 Å². The van der Waals surface area contributed by atoms with Crippen LogP contribution in [0.25, 0.3) is 0 Å². The van der Waals surface area contributed by atoms with Gasteiger partial charge in [0.15, 0.2) is 0 Å². The van der Waals surface area contributed by atoms with Gasteiger partial charge in [-0.25, -0.2) is 0 Å². The highest BCUT2D eigenvalue weighted by Crippen LogP contribution is 2.08. The van der Waals surface area contributed by atoms with Gasteiger partial charge in [-0.1, -0.05) is 20.8 Å². The lowest BCUT2D eigenvalue weighted by atomic mass is 10.0. The maximum atomic E-state index is 11.6. The number of hydrogen-bond acceptors (Lipinski definition) is 3. The van der Waals surface area contributed by atoms with Crippen LogP contribution in [0.5, 0.6) is 0 Å². The van der Waals surface area contributed by atoms with Gasteiger partial charge in [-0.05, 0) is 38.9 Å². The lowest BCUT2D eigenvalue weighted by molar-refractivity contribution is -0.122. The molecule has 0 aliphatic rings. The summed E-state index contributed by atoms with van der Waals surface area (Å²) < 4.78 is 0. The first-order chi connectivity index (χ1) is 7.86. The molecule has 2 atom stereocenters. The average molecular weight is 243 g/mol. The summed E-state index contributed by atoms with van der Waals surface area (Å²) in [5, 5.41) is 3.00. The van der Waals surface area contributed by atoms with E-state index in [2.05, 4.69) is 38.2 Å². The SMILES string of the molecule is CC(C)CC(CNC(=O)CC(C)CN)N(C)C. The van der Waals surface area contributed by atoms with Crippen LogP contribution in [0.2, 0.25) is 0 Å². The topological polar surface area (TPSA) is 58.4 Å². The van der Waals surface area contributed by atoms with Crippen LogP contribution >= 0.6 is 0 Å². The fraction of sp³-hybridized carbons (Fsp3) is 0.923. The molecule has 0 aromatic carbocycles. The van der Waals surface area contributed by atoms with E-state index < -0.39 is 0 Å². The van der Waals surface area contributed by atoms with Crippen molar-refractivity contribution in [1.82, 2.24) is 10.2 Å². The lowest BCUT2D eigenvalue weighted by Gasteiger charge is -2.26. The number of carbonyl (C=O) groups is 1. The Morgan fingerprint density at radius 3 is 2.29 bits per heavy atom. The quantitative estimate of drug-likeness (QED) is 0.670. The molecule has 0 bridgehead atoms. The van der Waals surface area contributed by atoms with E-state index >= 15 is 0 Å². The summed E-state index contributed by atoms with van der Waals surface area (Å²) in [7, 11) is 4.11. The molecule has 2 unspecified atom stereocenters. The predicted octanol–water partition coefficient (Wildman–Crippen LogP) is 1.06. The second-order valence-corrected chi connectivity index (χ2v) is 5.60. The van der Waals surface area contributed by atoms with Crippen LogP contribution in [0.1, 0.15) is 33.6 Å². The van der Waals surface area contributed by atoms with Crippen molar-refractivity contribution in [2.24, 2.45) is 17.6 Å². The van der Waals surface area contributed by atoms with Gasteiger partial charge in [0.2, 0.25) is 5.91 Å². The zero-order valence-corrected chi connectivity index (χ0v) is 12.0. The number of carbonyl (C=O) groups excluding carboxylic acids is 1. The molecule has 4 nitrogen and oxygen atoms in total. The van der Waals surface area contributed by atoms with Crippen molar-refractivity contribution in [3.63, 3.8) is 0 Å². The Bertz CT molecular complexity index is 217. The Balaban J connectivity index is 3.99. The van der Waals surface area contributed by atoms with E-state index in [1.54, 1.807) is 0 Å². The van der Waals surface area contributed by atoms with Crippen LogP contribution in [0, 0.1) is 11.8 Å². The molecule has 102 valence electrons. The smallest absolute Gasteiger partial charge is 0.220 e.